The minimum Gasteiger partial charge on any atom is -0.493 e. The average Bonchev–Trinajstić information content (AvgIpc) is 3.04. The number of hydrogen-bond donors (Lipinski definition) is 2. The van der Waals surface area contributed by atoms with Crippen LogP contribution in [0.1, 0.15) is 11.3 Å². The normalized spacial score (nSPS) is 10.0. The van der Waals surface area contributed by atoms with Gasteiger partial charge in [0.1, 0.15) is 0 Å². The van der Waals surface area contributed by atoms with E-state index in [1.54, 1.807) is 19.7 Å². The zero-order valence-corrected chi connectivity index (χ0v) is 12.7. The summed E-state index contributed by atoms with van der Waals surface area (Å²) in [7, 11) is 3.16. The molecule has 0 spiro atoms. The van der Waals surface area contributed by atoms with Crippen molar-refractivity contribution in [3.05, 3.63) is 40.3 Å². The predicted molar refractivity (Wildman–Crippen MR) is 80.7 cm³/mol. The Morgan fingerprint density at radius 3 is 2.62 bits per heavy atom. The van der Waals surface area contributed by atoms with Gasteiger partial charge in [-0.05, 0) is 17.7 Å². The van der Waals surface area contributed by atoms with Gasteiger partial charge in [0, 0.05) is 11.9 Å². The van der Waals surface area contributed by atoms with Gasteiger partial charge in [-0.1, -0.05) is 6.07 Å². The van der Waals surface area contributed by atoms with Gasteiger partial charge in [-0.2, -0.15) is 0 Å². The molecule has 1 heterocycles. The van der Waals surface area contributed by atoms with Crippen LogP contribution < -0.4 is 20.1 Å². The minimum absolute atomic E-state index is 0.238. The monoisotopic (exact) mass is 307 g/mol. The molecule has 0 radical (unpaired) electrons. The number of benzene rings is 1. The first-order valence-electron chi connectivity index (χ1n) is 6.32. The van der Waals surface area contributed by atoms with Gasteiger partial charge in [-0.25, -0.2) is 9.78 Å². The summed E-state index contributed by atoms with van der Waals surface area (Å²) >= 11 is 1.50. The number of thiazole rings is 1. The fourth-order valence-corrected chi connectivity index (χ4v) is 2.29. The quantitative estimate of drug-likeness (QED) is 0.858. The second-order valence-electron chi connectivity index (χ2n) is 4.21. The van der Waals surface area contributed by atoms with Crippen molar-refractivity contribution in [2.45, 2.75) is 13.1 Å². The van der Waals surface area contributed by atoms with Crippen LogP contribution in [0.4, 0.5) is 4.79 Å². The number of amides is 2. The van der Waals surface area contributed by atoms with Gasteiger partial charge < -0.3 is 20.1 Å². The Bertz CT molecular complexity index is 587. The summed E-state index contributed by atoms with van der Waals surface area (Å²) in [6.07, 6.45) is 0. The molecule has 0 bridgehead atoms. The molecule has 7 heteroatoms. The van der Waals surface area contributed by atoms with E-state index in [0.717, 1.165) is 11.3 Å². The van der Waals surface area contributed by atoms with E-state index < -0.39 is 0 Å². The molecule has 2 N–H and O–H groups in total. The zero-order valence-electron chi connectivity index (χ0n) is 11.9. The number of aromatic nitrogens is 1. The van der Waals surface area contributed by atoms with Gasteiger partial charge in [-0.3, -0.25) is 0 Å². The van der Waals surface area contributed by atoms with Gasteiger partial charge in [0.05, 0.1) is 32.0 Å². The van der Waals surface area contributed by atoms with Crippen molar-refractivity contribution < 1.29 is 14.3 Å². The molecular weight excluding hydrogens is 290 g/mol. The minimum atomic E-state index is -0.238. The summed E-state index contributed by atoms with van der Waals surface area (Å²) in [5.74, 6) is 1.30. The van der Waals surface area contributed by atoms with Crippen LogP contribution in [0.25, 0.3) is 0 Å². The van der Waals surface area contributed by atoms with Crippen molar-refractivity contribution in [2.75, 3.05) is 14.2 Å². The molecule has 1 aromatic heterocycles. The molecule has 0 unspecified atom stereocenters. The first kappa shape index (κ1) is 15.1. The molecule has 6 nitrogen and oxygen atoms in total. The molecule has 2 rings (SSSR count). The fourth-order valence-electron chi connectivity index (χ4n) is 1.73. The van der Waals surface area contributed by atoms with E-state index in [1.165, 1.54) is 11.3 Å². The molecule has 0 aliphatic heterocycles. The summed E-state index contributed by atoms with van der Waals surface area (Å²) in [4.78, 5) is 15.8. The highest BCUT2D eigenvalue weighted by molar-refractivity contribution is 7.07. The maximum atomic E-state index is 11.7. The molecule has 0 saturated carbocycles. The molecule has 1 aromatic carbocycles. The number of carbonyl (C=O) groups is 1. The molecule has 0 fully saturated rings. The van der Waals surface area contributed by atoms with Crippen LogP contribution in [0.2, 0.25) is 0 Å². The van der Waals surface area contributed by atoms with E-state index in [4.69, 9.17) is 9.47 Å². The number of nitrogens with zero attached hydrogens (tertiary/aromatic N) is 1. The Morgan fingerprint density at radius 1 is 1.19 bits per heavy atom. The highest BCUT2D eigenvalue weighted by Crippen LogP contribution is 2.27. The predicted octanol–water partition coefficient (Wildman–Crippen LogP) is 2.16. The number of ether oxygens (including phenoxy) is 2. The summed E-state index contributed by atoms with van der Waals surface area (Å²) in [6.45, 7) is 0.824. The first-order valence-corrected chi connectivity index (χ1v) is 7.27. The maximum Gasteiger partial charge on any atom is 0.315 e. The number of nitrogens with one attached hydrogen (secondary N) is 2. The zero-order chi connectivity index (χ0) is 15.1. The van der Waals surface area contributed by atoms with Crippen LogP contribution in [-0.4, -0.2) is 25.2 Å². The number of urea groups is 1. The van der Waals surface area contributed by atoms with Gasteiger partial charge in [0.25, 0.3) is 0 Å². The number of rotatable bonds is 6. The standard InChI is InChI=1S/C14H17N3O3S/c1-19-12-4-3-10(5-13(12)20-2)6-15-14(18)16-7-11-8-21-9-17-11/h3-5,8-9H,6-7H2,1-2H3,(H2,15,16,18). The Labute approximate surface area is 127 Å². The van der Waals surface area contributed by atoms with E-state index in [0.29, 0.717) is 24.6 Å². The van der Waals surface area contributed by atoms with E-state index in [2.05, 4.69) is 15.6 Å². The lowest BCUT2D eigenvalue weighted by Crippen LogP contribution is -2.34. The van der Waals surface area contributed by atoms with Gasteiger partial charge in [0.15, 0.2) is 11.5 Å². The third-order valence-electron chi connectivity index (χ3n) is 2.81. The Kier molecular flexibility index (Phi) is 5.39. The van der Waals surface area contributed by atoms with Gasteiger partial charge in [-0.15, -0.1) is 11.3 Å². The van der Waals surface area contributed by atoms with Crippen LogP contribution in [0.3, 0.4) is 0 Å². The molecule has 112 valence electrons. The Morgan fingerprint density at radius 2 is 1.95 bits per heavy atom. The van der Waals surface area contributed by atoms with E-state index >= 15 is 0 Å². The highest BCUT2D eigenvalue weighted by Gasteiger charge is 2.06. The molecule has 0 aliphatic carbocycles. The first-order chi connectivity index (χ1) is 10.2. The van der Waals surface area contributed by atoms with Crippen LogP contribution in [0.5, 0.6) is 11.5 Å². The smallest absolute Gasteiger partial charge is 0.315 e. The van der Waals surface area contributed by atoms with Crippen LogP contribution >= 0.6 is 11.3 Å². The van der Waals surface area contributed by atoms with Gasteiger partial charge in [0.2, 0.25) is 0 Å². The molecule has 2 aromatic rings. The molecule has 0 saturated heterocycles. The molecule has 0 aliphatic rings. The van der Waals surface area contributed by atoms with Crippen molar-refractivity contribution in [1.29, 1.82) is 0 Å². The van der Waals surface area contributed by atoms with Crippen LogP contribution in [-0.2, 0) is 13.1 Å². The highest BCUT2D eigenvalue weighted by atomic mass is 32.1. The maximum absolute atomic E-state index is 11.7. The summed E-state index contributed by atoms with van der Waals surface area (Å²) in [5.41, 5.74) is 3.51. The van der Waals surface area contributed by atoms with Crippen molar-refractivity contribution >= 4 is 17.4 Å². The molecule has 21 heavy (non-hydrogen) atoms. The Hall–Kier alpha value is -2.28. The third kappa shape index (κ3) is 4.35. The number of carbonyl (C=O) groups excluding carboxylic acids is 1. The second-order valence-corrected chi connectivity index (χ2v) is 4.92. The van der Waals surface area contributed by atoms with E-state index in [-0.39, 0.29) is 6.03 Å². The van der Waals surface area contributed by atoms with Crippen molar-refractivity contribution in [3.63, 3.8) is 0 Å². The largest absolute Gasteiger partial charge is 0.493 e. The SMILES string of the molecule is COc1ccc(CNC(=O)NCc2cscn2)cc1OC. The Balaban J connectivity index is 1.83. The number of methoxy groups -OCH3 is 2. The van der Waals surface area contributed by atoms with Gasteiger partial charge >= 0.3 is 6.03 Å². The lowest BCUT2D eigenvalue weighted by Gasteiger charge is -2.10. The van der Waals surface area contributed by atoms with Crippen molar-refractivity contribution in [1.82, 2.24) is 15.6 Å². The topological polar surface area (TPSA) is 72.5 Å². The third-order valence-corrected chi connectivity index (χ3v) is 3.45. The van der Waals surface area contributed by atoms with Crippen molar-refractivity contribution in [2.24, 2.45) is 0 Å². The molecule has 0 atom stereocenters. The lowest BCUT2D eigenvalue weighted by atomic mass is 10.2. The van der Waals surface area contributed by atoms with E-state index in [1.807, 2.05) is 23.6 Å². The summed E-state index contributed by atoms with van der Waals surface area (Å²) < 4.78 is 10.4. The lowest BCUT2D eigenvalue weighted by molar-refractivity contribution is 0.240. The second kappa shape index (κ2) is 7.49. The summed E-state index contributed by atoms with van der Waals surface area (Å²) in [5, 5.41) is 7.42. The fraction of sp³-hybridized carbons (Fsp3) is 0.286. The van der Waals surface area contributed by atoms with Crippen molar-refractivity contribution in [3.8, 4) is 11.5 Å². The molecular formula is C14H17N3O3S. The average molecular weight is 307 g/mol. The number of hydrogen-bond acceptors (Lipinski definition) is 5. The van der Waals surface area contributed by atoms with Crippen LogP contribution in [0, 0.1) is 0 Å². The van der Waals surface area contributed by atoms with Crippen LogP contribution in [0.15, 0.2) is 29.1 Å². The van der Waals surface area contributed by atoms with E-state index in [9.17, 15) is 4.79 Å². The molecule has 2 amide bonds. The summed E-state index contributed by atoms with van der Waals surface area (Å²) in [6, 6.07) is 5.28.